The Balaban J connectivity index is 1.82. The third-order valence-corrected chi connectivity index (χ3v) is 4.31. The number of alkyl halides is 2. The van der Waals surface area contributed by atoms with Crippen molar-refractivity contribution in [2.24, 2.45) is 0 Å². The molecule has 0 radical (unpaired) electrons. The van der Waals surface area contributed by atoms with Crippen LogP contribution in [0.3, 0.4) is 0 Å². The second-order valence-electron chi connectivity index (χ2n) is 6.70. The lowest BCUT2D eigenvalue weighted by Crippen LogP contribution is -2.52. The minimum Gasteiger partial charge on any atom is -0.335 e. The Morgan fingerprint density at radius 2 is 1.83 bits per heavy atom. The molecular weight excluding hydrogens is 319 g/mol. The van der Waals surface area contributed by atoms with Crippen LogP contribution in [0.1, 0.15) is 32.3 Å². The van der Waals surface area contributed by atoms with Crippen molar-refractivity contribution in [1.82, 2.24) is 15.5 Å². The van der Waals surface area contributed by atoms with E-state index in [-0.39, 0.29) is 24.4 Å². The van der Waals surface area contributed by atoms with Gasteiger partial charge < -0.3 is 10.6 Å². The van der Waals surface area contributed by atoms with Crippen molar-refractivity contribution in [1.29, 1.82) is 0 Å². The first kappa shape index (κ1) is 18.6. The number of nitrogens with zero attached hydrogens (tertiary/aromatic N) is 1. The highest BCUT2D eigenvalue weighted by atomic mass is 19.3. The maximum atomic E-state index is 13.0. The first-order valence-electron chi connectivity index (χ1n) is 8.11. The zero-order valence-electron chi connectivity index (χ0n) is 14.0. The molecule has 1 aliphatic rings. The Kier molecular flexibility index (Phi) is 6.10. The fourth-order valence-corrected chi connectivity index (χ4v) is 2.90. The number of piperidine rings is 1. The van der Waals surface area contributed by atoms with Crippen molar-refractivity contribution in [3.63, 3.8) is 0 Å². The maximum absolute atomic E-state index is 13.0. The summed E-state index contributed by atoms with van der Waals surface area (Å²) in [7, 11) is 0. The molecule has 2 amide bonds. The molecule has 0 bridgehead atoms. The predicted octanol–water partition coefficient (Wildman–Crippen LogP) is 3.09. The third kappa shape index (κ3) is 5.40. The number of likely N-dealkylation sites (tertiary alicyclic amines) is 1. The van der Waals surface area contributed by atoms with E-state index < -0.39 is 12.0 Å². The van der Waals surface area contributed by atoms with Crippen LogP contribution in [0.15, 0.2) is 24.3 Å². The van der Waals surface area contributed by atoms with Gasteiger partial charge in [-0.15, -0.1) is 0 Å². The highest BCUT2D eigenvalue weighted by molar-refractivity contribution is 5.75. The maximum Gasteiger partial charge on any atom is 0.315 e. The van der Waals surface area contributed by atoms with Crippen molar-refractivity contribution in [3.8, 4) is 0 Å². The molecule has 1 aromatic carbocycles. The van der Waals surface area contributed by atoms with Crippen molar-refractivity contribution in [2.45, 2.75) is 44.7 Å². The number of nitrogens with one attached hydrogen (secondary N) is 2. The smallest absolute Gasteiger partial charge is 0.315 e. The van der Waals surface area contributed by atoms with Gasteiger partial charge >= 0.3 is 6.03 Å². The van der Waals surface area contributed by atoms with Crippen LogP contribution in [-0.4, -0.2) is 43.0 Å². The van der Waals surface area contributed by atoms with Crippen LogP contribution in [0.25, 0.3) is 0 Å². The molecule has 2 N–H and O–H groups in total. The van der Waals surface area contributed by atoms with Gasteiger partial charge in [0, 0.05) is 19.1 Å². The van der Waals surface area contributed by atoms with E-state index in [0.29, 0.717) is 25.9 Å². The minimum atomic E-state index is -2.32. The lowest BCUT2D eigenvalue weighted by atomic mass is 9.94. The van der Waals surface area contributed by atoms with Gasteiger partial charge in [0.2, 0.25) is 0 Å². The van der Waals surface area contributed by atoms with E-state index >= 15 is 0 Å². The number of amides is 2. The van der Waals surface area contributed by atoms with E-state index in [4.69, 9.17) is 0 Å². The summed E-state index contributed by atoms with van der Waals surface area (Å²) in [5.74, 6) is -0.324. The summed E-state index contributed by atoms with van der Waals surface area (Å²) in [6.45, 7) is 4.57. The summed E-state index contributed by atoms with van der Waals surface area (Å²) in [5, 5.41) is 5.77. The molecule has 1 saturated heterocycles. The molecule has 24 heavy (non-hydrogen) atoms. The summed E-state index contributed by atoms with van der Waals surface area (Å²) in [6, 6.07) is 5.65. The van der Waals surface area contributed by atoms with Gasteiger partial charge in [0.1, 0.15) is 5.82 Å². The standard InChI is InChI=1S/C17H24F3N3O/c1-17(2,12-3-5-13(18)6-4-12)22-16(24)21-14-7-9-23(10-8-14)11-15(19)20/h3-6,14-15H,7-11H2,1-2H3,(H2,21,22,24). The number of urea groups is 1. The summed E-state index contributed by atoms with van der Waals surface area (Å²) in [4.78, 5) is 13.9. The minimum absolute atomic E-state index is 0.0251. The molecule has 2 rings (SSSR count). The lowest BCUT2D eigenvalue weighted by molar-refractivity contribution is 0.0736. The van der Waals surface area contributed by atoms with E-state index in [1.54, 1.807) is 17.0 Å². The zero-order chi connectivity index (χ0) is 17.7. The Bertz CT molecular complexity index is 541. The van der Waals surface area contributed by atoms with E-state index in [9.17, 15) is 18.0 Å². The number of halogens is 3. The molecule has 0 aliphatic carbocycles. The Morgan fingerprint density at radius 3 is 2.38 bits per heavy atom. The number of hydrogen-bond acceptors (Lipinski definition) is 2. The first-order valence-corrected chi connectivity index (χ1v) is 8.11. The molecule has 0 saturated carbocycles. The van der Waals surface area contributed by atoms with Crippen LogP contribution in [-0.2, 0) is 5.54 Å². The van der Waals surface area contributed by atoms with Gasteiger partial charge in [-0.05, 0) is 44.4 Å². The summed E-state index contributed by atoms with van der Waals surface area (Å²) < 4.78 is 37.7. The van der Waals surface area contributed by atoms with E-state index in [2.05, 4.69) is 10.6 Å². The van der Waals surface area contributed by atoms with Crippen LogP contribution in [0.4, 0.5) is 18.0 Å². The molecule has 0 aromatic heterocycles. The van der Waals surface area contributed by atoms with Gasteiger partial charge in [0.05, 0.1) is 12.1 Å². The Labute approximate surface area is 140 Å². The van der Waals surface area contributed by atoms with Crippen LogP contribution >= 0.6 is 0 Å². The molecule has 0 spiro atoms. The Morgan fingerprint density at radius 1 is 1.25 bits per heavy atom. The SMILES string of the molecule is CC(C)(NC(=O)NC1CCN(CC(F)F)CC1)c1ccc(F)cc1. The molecule has 0 unspecified atom stereocenters. The monoisotopic (exact) mass is 343 g/mol. The summed E-state index contributed by atoms with van der Waals surface area (Å²) in [6.07, 6.45) is -1.02. The van der Waals surface area contributed by atoms with Crippen molar-refractivity contribution < 1.29 is 18.0 Å². The van der Waals surface area contributed by atoms with E-state index in [0.717, 1.165) is 5.56 Å². The second kappa shape index (κ2) is 7.88. The number of hydrogen-bond donors (Lipinski definition) is 2. The highest BCUT2D eigenvalue weighted by Gasteiger charge is 2.26. The van der Waals surface area contributed by atoms with Crippen LogP contribution < -0.4 is 10.6 Å². The molecule has 7 heteroatoms. The first-order chi connectivity index (χ1) is 11.3. The van der Waals surface area contributed by atoms with Gasteiger partial charge in [-0.3, -0.25) is 4.90 Å². The summed E-state index contributed by atoms with van der Waals surface area (Å²) >= 11 is 0. The molecule has 134 valence electrons. The summed E-state index contributed by atoms with van der Waals surface area (Å²) in [5.41, 5.74) is 0.152. The molecule has 4 nitrogen and oxygen atoms in total. The van der Waals surface area contributed by atoms with Gasteiger partial charge in [-0.2, -0.15) is 0 Å². The highest BCUT2D eigenvalue weighted by Crippen LogP contribution is 2.20. The molecule has 1 fully saturated rings. The fourth-order valence-electron chi connectivity index (χ4n) is 2.90. The number of benzene rings is 1. The molecule has 1 heterocycles. The topological polar surface area (TPSA) is 44.4 Å². The fraction of sp³-hybridized carbons (Fsp3) is 0.588. The largest absolute Gasteiger partial charge is 0.335 e. The normalized spacial score (nSPS) is 17.1. The van der Waals surface area contributed by atoms with Crippen LogP contribution in [0.2, 0.25) is 0 Å². The van der Waals surface area contributed by atoms with Gasteiger partial charge in [-0.25, -0.2) is 18.0 Å². The van der Waals surface area contributed by atoms with E-state index in [1.165, 1.54) is 12.1 Å². The van der Waals surface area contributed by atoms with Gasteiger partial charge in [-0.1, -0.05) is 12.1 Å². The van der Waals surface area contributed by atoms with Crippen molar-refractivity contribution in [2.75, 3.05) is 19.6 Å². The average Bonchev–Trinajstić information content (AvgIpc) is 2.48. The third-order valence-electron chi connectivity index (χ3n) is 4.31. The Hall–Kier alpha value is -1.76. The predicted molar refractivity (Wildman–Crippen MR) is 86.6 cm³/mol. The number of carbonyl (C=O) groups is 1. The molecule has 1 aliphatic heterocycles. The van der Waals surface area contributed by atoms with Gasteiger partial charge in [0.25, 0.3) is 6.43 Å². The van der Waals surface area contributed by atoms with Gasteiger partial charge in [0.15, 0.2) is 0 Å². The number of rotatable bonds is 5. The van der Waals surface area contributed by atoms with Crippen molar-refractivity contribution in [3.05, 3.63) is 35.6 Å². The van der Waals surface area contributed by atoms with Crippen LogP contribution in [0.5, 0.6) is 0 Å². The van der Waals surface area contributed by atoms with Crippen molar-refractivity contribution >= 4 is 6.03 Å². The quantitative estimate of drug-likeness (QED) is 0.863. The molecule has 1 aromatic rings. The van der Waals surface area contributed by atoms with E-state index in [1.807, 2.05) is 13.8 Å². The number of carbonyl (C=O) groups excluding carboxylic acids is 1. The molecule has 0 atom stereocenters. The lowest BCUT2D eigenvalue weighted by Gasteiger charge is -2.33. The zero-order valence-corrected chi connectivity index (χ0v) is 14.0. The average molecular weight is 343 g/mol. The van der Waals surface area contributed by atoms with Crippen LogP contribution in [0, 0.1) is 5.82 Å². The second-order valence-corrected chi connectivity index (χ2v) is 6.70. The molecular formula is C17H24F3N3O.